The first-order valence-electron chi connectivity index (χ1n) is 12.8. The highest BCUT2D eigenvalue weighted by Gasteiger charge is 2.55. The maximum absolute atomic E-state index is 13.6. The van der Waals surface area contributed by atoms with Crippen LogP contribution in [0.1, 0.15) is 37.6 Å². The second kappa shape index (κ2) is 10.2. The number of nitrogens with zero attached hydrogens (tertiary/aromatic N) is 2. The molecule has 6 nitrogen and oxygen atoms in total. The summed E-state index contributed by atoms with van der Waals surface area (Å²) in [5.41, 5.74) is 4.54. The number of hydrogen-bond donors (Lipinski definition) is 2. The topological polar surface area (TPSA) is 74.6 Å². The third kappa shape index (κ3) is 4.21. The van der Waals surface area contributed by atoms with Crippen LogP contribution in [0.4, 0.5) is 5.69 Å². The molecule has 1 aromatic heterocycles. The molecule has 2 N–H and O–H groups in total. The zero-order valence-electron chi connectivity index (χ0n) is 20.8. The first-order valence-corrected chi connectivity index (χ1v) is 12.8. The van der Waals surface area contributed by atoms with Crippen molar-refractivity contribution in [1.82, 2.24) is 9.47 Å². The Kier molecular flexibility index (Phi) is 6.90. The average Bonchev–Trinajstić information content (AvgIpc) is 3.42. The number of pyridine rings is 1. The van der Waals surface area contributed by atoms with Gasteiger partial charge >= 0.3 is 0 Å². The summed E-state index contributed by atoms with van der Waals surface area (Å²) in [4.78, 5) is 28.9. The maximum Gasteiger partial charge on any atom is 0.258 e. The first-order chi connectivity index (χ1) is 17.6. The van der Waals surface area contributed by atoms with Gasteiger partial charge in [0.15, 0.2) is 0 Å². The van der Waals surface area contributed by atoms with Crippen LogP contribution in [0.2, 0.25) is 0 Å². The van der Waals surface area contributed by atoms with Crippen molar-refractivity contribution in [2.24, 2.45) is 11.8 Å². The standard InChI is InChI=1S/C30H33N3O3/c1-3-8-22-13-16-26-27-24(18-33(26)30(22)36)25(19-34)28(32(27)17-4-2)29(35)31-23-14-11-21(12-15-23)20-9-6-5-7-10-20/h3,5-16,24-25,27-28,34H,4,17-19H2,1-2H3,(H,31,35)/b8-3-/t24-,25-,27+,28-/m1/s1. The number of aliphatic hydroxyl groups excluding tert-OH is 1. The fourth-order valence-electron chi connectivity index (χ4n) is 6.04. The predicted molar refractivity (Wildman–Crippen MR) is 144 cm³/mol. The lowest BCUT2D eigenvalue weighted by molar-refractivity contribution is -0.122. The van der Waals surface area contributed by atoms with E-state index in [9.17, 15) is 14.7 Å². The fourth-order valence-corrected chi connectivity index (χ4v) is 6.04. The zero-order chi connectivity index (χ0) is 25.2. The monoisotopic (exact) mass is 483 g/mol. The summed E-state index contributed by atoms with van der Waals surface area (Å²) in [5.74, 6) is -0.357. The van der Waals surface area contributed by atoms with E-state index in [1.807, 2.05) is 78.2 Å². The molecule has 2 aromatic carbocycles. The minimum Gasteiger partial charge on any atom is -0.396 e. The third-order valence-electron chi connectivity index (χ3n) is 7.58. The van der Waals surface area contributed by atoms with Gasteiger partial charge in [-0.3, -0.25) is 14.5 Å². The summed E-state index contributed by atoms with van der Waals surface area (Å²) in [6.07, 6.45) is 4.57. The molecule has 186 valence electrons. The van der Waals surface area contributed by atoms with Crippen LogP contribution in [-0.2, 0) is 11.3 Å². The average molecular weight is 484 g/mol. The Morgan fingerprint density at radius 2 is 1.78 bits per heavy atom. The van der Waals surface area contributed by atoms with Gasteiger partial charge in [0.2, 0.25) is 5.91 Å². The van der Waals surface area contributed by atoms with Crippen LogP contribution in [-0.4, -0.2) is 39.7 Å². The van der Waals surface area contributed by atoms with E-state index < -0.39 is 6.04 Å². The lowest BCUT2D eigenvalue weighted by Gasteiger charge is -2.30. The number of carbonyl (C=O) groups is 1. The van der Waals surface area contributed by atoms with E-state index in [1.54, 1.807) is 0 Å². The lowest BCUT2D eigenvalue weighted by atomic mass is 9.88. The number of likely N-dealkylation sites (tertiary alicyclic amines) is 1. The lowest BCUT2D eigenvalue weighted by Crippen LogP contribution is -2.46. The molecule has 1 saturated heterocycles. The van der Waals surface area contributed by atoms with Crippen molar-refractivity contribution in [2.75, 3.05) is 18.5 Å². The van der Waals surface area contributed by atoms with Crippen molar-refractivity contribution in [3.8, 4) is 11.1 Å². The van der Waals surface area contributed by atoms with Crippen LogP contribution in [0, 0.1) is 11.8 Å². The third-order valence-corrected chi connectivity index (χ3v) is 7.58. The smallest absolute Gasteiger partial charge is 0.258 e. The molecule has 0 radical (unpaired) electrons. The van der Waals surface area contributed by atoms with Gasteiger partial charge in [-0.2, -0.15) is 0 Å². The molecular weight excluding hydrogens is 450 g/mol. The molecule has 36 heavy (non-hydrogen) atoms. The summed E-state index contributed by atoms with van der Waals surface area (Å²) >= 11 is 0. The molecule has 2 aliphatic rings. The van der Waals surface area contributed by atoms with Crippen molar-refractivity contribution < 1.29 is 9.90 Å². The molecular formula is C30H33N3O3. The van der Waals surface area contributed by atoms with Crippen molar-refractivity contribution in [3.05, 3.63) is 94.4 Å². The van der Waals surface area contributed by atoms with Gasteiger partial charge in [-0.25, -0.2) is 0 Å². The summed E-state index contributed by atoms with van der Waals surface area (Å²) < 4.78 is 1.84. The highest BCUT2D eigenvalue weighted by atomic mass is 16.3. The van der Waals surface area contributed by atoms with Crippen LogP contribution in [0.5, 0.6) is 0 Å². The Hall–Kier alpha value is -3.48. The van der Waals surface area contributed by atoms with Gasteiger partial charge in [0, 0.05) is 41.9 Å². The molecule has 0 unspecified atom stereocenters. The molecule has 3 aromatic rings. The van der Waals surface area contributed by atoms with E-state index in [1.165, 1.54) is 0 Å². The number of benzene rings is 2. The summed E-state index contributed by atoms with van der Waals surface area (Å²) in [6.45, 7) is 5.13. The number of fused-ring (bicyclic) bond motifs is 3. The van der Waals surface area contributed by atoms with Crippen LogP contribution in [0.3, 0.4) is 0 Å². The van der Waals surface area contributed by atoms with Gasteiger partial charge in [0.05, 0.1) is 12.1 Å². The van der Waals surface area contributed by atoms with Crippen molar-refractivity contribution >= 4 is 17.7 Å². The molecule has 6 heteroatoms. The van der Waals surface area contributed by atoms with Crippen molar-refractivity contribution in [3.63, 3.8) is 0 Å². The van der Waals surface area contributed by atoms with Gasteiger partial charge in [-0.1, -0.05) is 61.5 Å². The minimum absolute atomic E-state index is 0.00585. The number of amides is 1. The Labute approximate surface area is 211 Å². The van der Waals surface area contributed by atoms with E-state index in [0.717, 1.165) is 28.9 Å². The molecule has 2 aliphatic heterocycles. The minimum atomic E-state index is -0.460. The van der Waals surface area contributed by atoms with E-state index in [0.29, 0.717) is 18.7 Å². The second-order valence-corrected chi connectivity index (χ2v) is 9.70. The molecule has 5 rings (SSSR count). The Morgan fingerprint density at radius 1 is 1.06 bits per heavy atom. The Morgan fingerprint density at radius 3 is 2.44 bits per heavy atom. The zero-order valence-corrected chi connectivity index (χ0v) is 20.8. The van der Waals surface area contributed by atoms with E-state index in [2.05, 4.69) is 29.3 Å². The van der Waals surface area contributed by atoms with Crippen molar-refractivity contribution in [2.45, 2.75) is 38.9 Å². The van der Waals surface area contributed by atoms with E-state index >= 15 is 0 Å². The number of carbonyl (C=O) groups excluding carboxylic acids is 1. The number of aromatic nitrogens is 1. The molecule has 0 spiro atoms. The number of allylic oxidation sites excluding steroid dienone is 1. The highest BCUT2D eigenvalue weighted by Crippen LogP contribution is 2.49. The number of rotatable bonds is 7. The number of nitrogens with one attached hydrogen (secondary N) is 1. The summed E-state index contributed by atoms with van der Waals surface area (Å²) in [6, 6.07) is 21.3. The molecule has 1 fully saturated rings. The van der Waals surface area contributed by atoms with Gasteiger partial charge in [-0.05, 0) is 55.3 Å². The van der Waals surface area contributed by atoms with Gasteiger partial charge in [0.1, 0.15) is 0 Å². The molecule has 3 heterocycles. The number of aliphatic hydroxyl groups is 1. The Bertz CT molecular complexity index is 1310. The molecule has 4 atom stereocenters. The fraction of sp³-hybridized carbons (Fsp3) is 0.333. The van der Waals surface area contributed by atoms with E-state index in [4.69, 9.17) is 0 Å². The normalized spacial score (nSPS) is 23.1. The van der Waals surface area contributed by atoms with Crippen LogP contribution < -0.4 is 10.9 Å². The largest absolute Gasteiger partial charge is 0.396 e. The van der Waals surface area contributed by atoms with Gasteiger partial charge in [-0.15, -0.1) is 0 Å². The number of anilines is 1. The predicted octanol–water partition coefficient (Wildman–Crippen LogP) is 4.56. The van der Waals surface area contributed by atoms with Gasteiger partial charge < -0.3 is 15.0 Å². The number of hydrogen-bond acceptors (Lipinski definition) is 4. The molecule has 0 saturated carbocycles. The first kappa shape index (κ1) is 24.2. The molecule has 1 amide bonds. The van der Waals surface area contributed by atoms with Crippen LogP contribution in [0.15, 0.2) is 77.6 Å². The van der Waals surface area contributed by atoms with Gasteiger partial charge in [0.25, 0.3) is 5.56 Å². The SMILES string of the molecule is C/C=C\c1ccc2n(c1=O)C[C@@H]1[C@@H](CO)[C@H](C(=O)Nc3ccc(-c4ccccc4)cc3)N(CCC)[C@H]21. The highest BCUT2D eigenvalue weighted by molar-refractivity contribution is 5.95. The summed E-state index contributed by atoms with van der Waals surface area (Å²) in [5, 5.41) is 13.5. The van der Waals surface area contributed by atoms with Crippen LogP contribution >= 0.6 is 0 Å². The summed E-state index contributed by atoms with van der Waals surface area (Å²) in [7, 11) is 0. The quantitative estimate of drug-likeness (QED) is 0.517. The molecule has 0 bridgehead atoms. The second-order valence-electron chi connectivity index (χ2n) is 9.70. The maximum atomic E-state index is 13.6. The van der Waals surface area contributed by atoms with Crippen LogP contribution in [0.25, 0.3) is 17.2 Å². The Balaban J connectivity index is 1.42. The van der Waals surface area contributed by atoms with E-state index in [-0.39, 0.29) is 36.0 Å². The van der Waals surface area contributed by atoms with Crippen molar-refractivity contribution in [1.29, 1.82) is 0 Å². The molecule has 0 aliphatic carbocycles.